The van der Waals surface area contributed by atoms with Crippen molar-refractivity contribution in [1.82, 2.24) is 4.57 Å². The van der Waals surface area contributed by atoms with Crippen LogP contribution in [0.5, 0.6) is 0 Å². The van der Waals surface area contributed by atoms with E-state index >= 15 is 0 Å². The van der Waals surface area contributed by atoms with Crippen LogP contribution in [0.3, 0.4) is 0 Å². The third-order valence-electron chi connectivity index (χ3n) is 4.72. The molecule has 3 aromatic rings. The minimum atomic E-state index is -0.485. The molecule has 2 aromatic carbocycles. The van der Waals surface area contributed by atoms with Gasteiger partial charge in [-0.2, -0.15) is 0 Å². The molecule has 0 aliphatic rings. The lowest BCUT2D eigenvalue weighted by Crippen LogP contribution is -2.02. The fourth-order valence-electron chi connectivity index (χ4n) is 3.24. The lowest BCUT2D eigenvalue weighted by molar-refractivity contribution is -0.384. The molecule has 7 nitrogen and oxygen atoms in total. The van der Waals surface area contributed by atoms with E-state index in [0.717, 1.165) is 40.3 Å². The Kier molecular flexibility index (Phi) is 5.44. The zero-order chi connectivity index (χ0) is 20.4. The van der Waals surface area contributed by atoms with Gasteiger partial charge in [0.15, 0.2) is 0 Å². The van der Waals surface area contributed by atoms with E-state index in [2.05, 4.69) is 23.6 Å². The van der Waals surface area contributed by atoms with Crippen molar-refractivity contribution >= 4 is 39.2 Å². The molecule has 0 bridgehead atoms. The Morgan fingerprint density at radius 1 is 1.14 bits per heavy atom. The van der Waals surface area contributed by atoms with Crippen molar-refractivity contribution < 1.29 is 14.6 Å². The molecule has 1 heterocycles. The van der Waals surface area contributed by atoms with E-state index in [1.54, 1.807) is 19.1 Å². The van der Waals surface area contributed by atoms with E-state index in [1.165, 1.54) is 6.92 Å². The molecule has 0 saturated carbocycles. The Hall–Kier alpha value is -3.22. The average Bonchev–Trinajstić information content (AvgIpc) is 2.96. The van der Waals surface area contributed by atoms with Gasteiger partial charge in [0.2, 0.25) is 0 Å². The first-order chi connectivity index (χ1) is 13.3. The lowest BCUT2D eigenvalue weighted by Gasteiger charge is -2.10. The SMILES string of the molecule is CC(=O)O/N=C(\C)c1ccc2c(c1)c1cc([N+](=O)[O-])ccc1n2CCC(C)C. The van der Waals surface area contributed by atoms with Crippen LogP contribution >= 0.6 is 0 Å². The molecule has 0 aliphatic carbocycles. The lowest BCUT2D eigenvalue weighted by atomic mass is 10.1. The third kappa shape index (κ3) is 3.88. The number of rotatable bonds is 6. The predicted molar refractivity (Wildman–Crippen MR) is 110 cm³/mol. The summed E-state index contributed by atoms with van der Waals surface area (Å²) < 4.78 is 2.21. The predicted octanol–water partition coefficient (Wildman–Crippen LogP) is 5.04. The van der Waals surface area contributed by atoms with Gasteiger partial charge < -0.3 is 9.40 Å². The van der Waals surface area contributed by atoms with Crippen molar-refractivity contribution in [2.75, 3.05) is 0 Å². The molecule has 0 atom stereocenters. The number of nitro benzene ring substituents is 1. The molecule has 0 saturated heterocycles. The zero-order valence-electron chi connectivity index (χ0n) is 16.4. The van der Waals surface area contributed by atoms with Crippen LogP contribution in [0, 0.1) is 16.0 Å². The van der Waals surface area contributed by atoms with Crippen LogP contribution in [0.25, 0.3) is 21.8 Å². The summed E-state index contributed by atoms with van der Waals surface area (Å²) >= 11 is 0. The Morgan fingerprint density at radius 3 is 2.39 bits per heavy atom. The van der Waals surface area contributed by atoms with Gasteiger partial charge in [-0.25, -0.2) is 4.79 Å². The van der Waals surface area contributed by atoms with Gasteiger partial charge in [0.05, 0.1) is 10.6 Å². The van der Waals surface area contributed by atoms with Gasteiger partial charge in [-0.1, -0.05) is 25.1 Å². The van der Waals surface area contributed by atoms with Crippen LogP contribution in [-0.2, 0) is 16.2 Å². The van der Waals surface area contributed by atoms with E-state index in [9.17, 15) is 14.9 Å². The third-order valence-corrected chi connectivity index (χ3v) is 4.72. The summed E-state index contributed by atoms with van der Waals surface area (Å²) in [4.78, 5) is 26.6. The van der Waals surface area contributed by atoms with Crippen molar-refractivity contribution in [2.45, 2.75) is 40.7 Å². The van der Waals surface area contributed by atoms with Gasteiger partial charge in [-0.05, 0) is 43.0 Å². The first kappa shape index (κ1) is 19.5. The van der Waals surface area contributed by atoms with Gasteiger partial charge in [-0.15, -0.1) is 0 Å². The highest BCUT2D eigenvalue weighted by molar-refractivity contribution is 6.12. The van der Waals surface area contributed by atoms with Crippen LogP contribution in [0.4, 0.5) is 5.69 Å². The van der Waals surface area contributed by atoms with Crippen molar-refractivity contribution in [1.29, 1.82) is 0 Å². The first-order valence-corrected chi connectivity index (χ1v) is 9.21. The molecule has 0 amide bonds. The summed E-state index contributed by atoms with van der Waals surface area (Å²) in [6.45, 7) is 8.22. The standard InChI is InChI=1S/C21H23N3O4/c1-13(2)9-10-23-20-7-5-16(14(3)22-28-15(4)25)11-18(20)19-12-17(24(26)27)6-8-21(19)23/h5-8,11-13H,9-10H2,1-4H3/b22-14+. The summed E-state index contributed by atoms with van der Waals surface area (Å²) in [7, 11) is 0. The monoisotopic (exact) mass is 381 g/mol. The topological polar surface area (TPSA) is 86.7 Å². The number of hydrogen-bond acceptors (Lipinski definition) is 5. The van der Waals surface area contributed by atoms with Crippen molar-refractivity contribution in [3.05, 3.63) is 52.1 Å². The number of oxime groups is 1. The summed E-state index contributed by atoms with van der Waals surface area (Å²) in [5, 5.41) is 16.8. The number of aromatic nitrogens is 1. The molecule has 3 rings (SSSR count). The number of fused-ring (bicyclic) bond motifs is 3. The molecular formula is C21H23N3O4. The van der Waals surface area contributed by atoms with Gasteiger partial charge >= 0.3 is 5.97 Å². The van der Waals surface area contributed by atoms with Gasteiger partial charge in [-0.3, -0.25) is 10.1 Å². The molecule has 0 radical (unpaired) electrons. The molecule has 0 spiro atoms. The van der Waals surface area contributed by atoms with Gasteiger partial charge in [0, 0.05) is 47.4 Å². The second-order valence-electron chi connectivity index (χ2n) is 7.28. The largest absolute Gasteiger partial charge is 0.340 e. The Morgan fingerprint density at radius 2 is 1.79 bits per heavy atom. The minimum Gasteiger partial charge on any atom is -0.340 e. The van der Waals surface area contributed by atoms with E-state index in [0.29, 0.717) is 11.6 Å². The Bertz CT molecular complexity index is 1100. The minimum absolute atomic E-state index is 0.0612. The fraction of sp³-hybridized carbons (Fsp3) is 0.333. The molecule has 1 aromatic heterocycles. The van der Waals surface area contributed by atoms with Crippen molar-refractivity contribution in [3.8, 4) is 0 Å². The van der Waals surface area contributed by atoms with E-state index < -0.39 is 5.97 Å². The van der Waals surface area contributed by atoms with Crippen molar-refractivity contribution in [3.63, 3.8) is 0 Å². The maximum atomic E-state index is 11.3. The average molecular weight is 381 g/mol. The summed E-state index contributed by atoms with van der Waals surface area (Å²) in [5.41, 5.74) is 3.40. The second kappa shape index (κ2) is 7.80. The highest BCUT2D eigenvalue weighted by atomic mass is 16.7. The number of aryl methyl sites for hydroxylation is 1. The zero-order valence-corrected chi connectivity index (χ0v) is 16.4. The maximum Gasteiger partial charge on any atom is 0.331 e. The highest BCUT2D eigenvalue weighted by Gasteiger charge is 2.16. The molecule has 146 valence electrons. The Labute approximate surface area is 162 Å². The second-order valence-corrected chi connectivity index (χ2v) is 7.28. The summed E-state index contributed by atoms with van der Waals surface area (Å²) in [5.74, 6) is 0.0595. The number of hydrogen-bond donors (Lipinski definition) is 0. The van der Waals surface area contributed by atoms with Crippen LogP contribution < -0.4 is 0 Å². The number of benzene rings is 2. The molecule has 0 aliphatic heterocycles. The number of carbonyl (C=O) groups is 1. The summed E-state index contributed by atoms with van der Waals surface area (Å²) in [6.07, 6.45) is 1.00. The van der Waals surface area contributed by atoms with Crippen LogP contribution in [0.1, 0.15) is 39.7 Å². The number of nitro groups is 1. The van der Waals surface area contributed by atoms with Crippen LogP contribution in [-0.4, -0.2) is 21.2 Å². The quantitative estimate of drug-likeness (QED) is 0.259. The molecule has 28 heavy (non-hydrogen) atoms. The molecule has 0 fully saturated rings. The van der Waals surface area contributed by atoms with Gasteiger partial charge in [0.25, 0.3) is 5.69 Å². The smallest absolute Gasteiger partial charge is 0.331 e. The van der Waals surface area contributed by atoms with Crippen LogP contribution in [0.2, 0.25) is 0 Å². The van der Waals surface area contributed by atoms with Gasteiger partial charge in [0.1, 0.15) is 0 Å². The van der Waals surface area contributed by atoms with E-state index in [1.807, 2.05) is 24.3 Å². The highest BCUT2D eigenvalue weighted by Crippen LogP contribution is 2.33. The first-order valence-electron chi connectivity index (χ1n) is 9.21. The van der Waals surface area contributed by atoms with E-state index in [4.69, 9.17) is 4.84 Å². The molecule has 0 N–H and O–H groups in total. The van der Waals surface area contributed by atoms with E-state index in [-0.39, 0.29) is 10.6 Å². The summed E-state index contributed by atoms with van der Waals surface area (Å²) in [6, 6.07) is 10.8. The maximum absolute atomic E-state index is 11.3. The Balaban J connectivity index is 2.21. The number of non-ortho nitro benzene ring substituents is 1. The molecule has 7 heteroatoms. The van der Waals surface area contributed by atoms with Crippen molar-refractivity contribution in [2.24, 2.45) is 11.1 Å². The number of carbonyl (C=O) groups excluding carboxylic acids is 1. The fourth-order valence-corrected chi connectivity index (χ4v) is 3.24. The normalized spacial score (nSPS) is 12.1. The van der Waals surface area contributed by atoms with Crippen LogP contribution in [0.15, 0.2) is 41.6 Å². The number of nitrogens with zero attached hydrogens (tertiary/aromatic N) is 3. The molecule has 0 unspecified atom stereocenters. The molecular weight excluding hydrogens is 358 g/mol.